The summed E-state index contributed by atoms with van der Waals surface area (Å²) in [6.07, 6.45) is 3.18. The third-order valence-electron chi connectivity index (χ3n) is 3.86. The van der Waals surface area contributed by atoms with Crippen LogP contribution in [0.2, 0.25) is 0 Å². The Balaban J connectivity index is 2.55. The van der Waals surface area contributed by atoms with Gasteiger partial charge in [-0.3, -0.25) is 4.79 Å². The summed E-state index contributed by atoms with van der Waals surface area (Å²) in [5.41, 5.74) is 1.04. The molecule has 2 rings (SSSR count). The van der Waals surface area contributed by atoms with Gasteiger partial charge in [0.25, 0.3) is 0 Å². The summed E-state index contributed by atoms with van der Waals surface area (Å²) in [5, 5.41) is 9.47. The van der Waals surface area contributed by atoms with Crippen LogP contribution in [0.1, 0.15) is 42.4 Å². The molecule has 0 spiro atoms. The minimum Gasteiger partial charge on any atom is -0.481 e. The molecule has 0 aromatic heterocycles. The van der Waals surface area contributed by atoms with Gasteiger partial charge in [0, 0.05) is 0 Å². The number of carbonyl (C=O) groups is 1. The molecule has 3 heteroatoms. The zero-order valence-corrected chi connectivity index (χ0v) is 10.2. The van der Waals surface area contributed by atoms with Gasteiger partial charge in [-0.15, -0.1) is 0 Å². The summed E-state index contributed by atoms with van der Waals surface area (Å²) in [5.74, 6) is -1.01. The second-order valence-electron chi connectivity index (χ2n) is 5.02. The largest absolute Gasteiger partial charge is 0.481 e. The lowest BCUT2D eigenvalue weighted by Gasteiger charge is -2.25. The smallest absolute Gasteiger partial charge is 0.314 e. The summed E-state index contributed by atoms with van der Waals surface area (Å²) < 4.78 is 13.6. The van der Waals surface area contributed by atoms with Gasteiger partial charge in [-0.05, 0) is 43.4 Å². The van der Waals surface area contributed by atoms with E-state index in [-0.39, 0.29) is 5.82 Å². The Morgan fingerprint density at radius 1 is 1.24 bits per heavy atom. The lowest BCUT2D eigenvalue weighted by molar-refractivity contribution is -0.143. The highest BCUT2D eigenvalue weighted by Gasteiger charge is 2.43. The van der Waals surface area contributed by atoms with Crippen molar-refractivity contribution in [3.63, 3.8) is 0 Å². The van der Waals surface area contributed by atoms with Gasteiger partial charge in [0.15, 0.2) is 0 Å². The van der Waals surface area contributed by atoms with Gasteiger partial charge in [0.05, 0.1) is 5.41 Å². The molecule has 2 nitrogen and oxygen atoms in total. The van der Waals surface area contributed by atoms with E-state index in [0.717, 1.165) is 18.4 Å². The molecule has 0 bridgehead atoms. The first kappa shape index (κ1) is 12.1. The maximum Gasteiger partial charge on any atom is 0.314 e. The van der Waals surface area contributed by atoms with Crippen LogP contribution >= 0.6 is 0 Å². The van der Waals surface area contributed by atoms with E-state index in [4.69, 9.17) is 0 Å². The van der Waals surface area contributed by atoms with E-state index in [9.17, 15) is 14.3 Å². The third-order valence-corrected chi connectivity index (χ3v) is 3.86. The molecule has 1 N–H and O–H groups in total. The van der Waals surface area contributed by atoms with Crippen LogP contribution in [-0.2, 0) is 10.2 Å². The summed E-state index contributed by atoms with van der Waals surface area (Å²) in [6.45, 7) is 3.38. The van der Waals surface area contributed by atoms with Crippen molar-refractivity contribution in [3.05, 3.63) is 34.6 Å². The molecule has 0 atom stereocenters. The highest BCUT2D eigenvalue weighted by atomic mass is 19.1. The van der Waals surface area contributed by atoms with Crippen molar-refractivity contribution in [1.29, 1.82) is 0 Å². The normalized spacial score (nSPS) is 18.3. The summed E-state index contributed by atoms with van der Waals surface area (Å²) in [4.78, 5) is 11.5. The van der Waals surface area contributed by atoms with E-state index in [1.807, 2.05) is 0 Å². The minimum atomic E-state index is -0.788. The summed E-state index contributed by atoms with van der Waals surface area (Å²) in [6, 6.07) is 3.39. The number of carboxylic acids is 1. The zero-order valence-electron chi connectivity index (χ0n) is 10.2. The van der Waals surface area contributed by atoms with Crippen LogP contribution in [0.15, 0.2) is 12.1 Å². The predicted octanol–water partition coefficient (Wildman–Crippen LogP) is 3.34. The van der Waals surface area contributed by atoms with Crippen LogP contribution < -0.4 is 0 Å². The average molecular weight is 236 g/mol. The fourth-order valence-electron chi connectivity index (χ4n) is 2.83. The molecule has 1 aromatic carbocycles. The number of hydrogen-bond acceptors (Lipinski definition) is 1. The number of rotatable bonds is 2. The van der Waals surface area contributed by atoms with Gasteiger partial charge >= 0.3 is 5.97 Å². The SMILES string of the molecule is Cc1cc(C2(C(=O)O)CCCC2)cc(C)c1F. The van der Waals surface area contributed by atoms with E-state index in [2.05, 4.69) is 0 Å². The minimum absolute atomic E-state index is 0.229. The lowest BCUT2D eigenvalue weighted by atomic mass is 9.78. The van der Waals surface area contributed by atoms with Gasteiger partial charge < -0.3 is 5.11 Å². The predicted molar refractivity (Wildman–Crippen MR) is 63.7 cm³/mol. The Morgan fingerprint density at radius 2 is 1.71 bits per heavy atom. The lowest BCUT2D eigenvalue weighted by Crippen LogP contribution is -2.32. The molecule has 0 saturated heterocycles. The molecule has 0 unspecified atom stereocenters. The van der Waals surface area contributed by atoms with E-state index < -0.39 is 11.4 Å². The highest BCUT2D eigenvalue weighted by molar-refractivity contribution is 5.82. The number of aryl methyl sites for hydroxylation is 2. The van der Waals surface area contributed by atoms with Gasteiger partial charge in [0.2, 0.25) is 0 Å². The molecular formula is C14H17FO2. The second-order valence-corrected chi connectivity index (χ2v) is 5.02. The number of aliphatic carboxylic acids is 1. The first-order valence-electron chi connectivity index (χ1n) is 5.98. The van der Waals surface area contributed by atoms with E-state index in [1.165, 1.54) is 0 Å². The molecule has 1 fully saturated rings. The number of benzene rings is 1. The Kier molecular flexibility index (Phi) is 2.94. The van der Waals surface area contributed by atoms with Gasteiger partial charge in [-0.25, -0.2) is 4.39 Å². The Labute approximate surface area is 100 Å². The van der Waals surface area contributed by atoms with Crippen molar-refractivity contribution < 1.29 is 14.3 Å². The van der Waals surface area contributed by atoms with Crippen LogP contribution in [0.4, 0.5) is 4.39 Å². The van der Waals surface area contributed by atoms with Crippen molar-refractivity contribution >= 4 is 5.97 Å². The highest BCUT2D eigenvalue weighted by Crippen LogP contribution is 2.42. The summed E-state index contributed by atoms with van der Waals surface area (Å²) >= 11 is 0. The molecule has 0 amide bonds. The zero-order chi connectivity index (χ0) is 12.6. The number of halogens is 1. The molecular weight excluding hydrogens is 219 g/mol. The quantitative estimate of drug-likeness (QED) is 0.855. The topological polar surface area (TPSA) is 37.3 Å². The molecule has 1 aliphatic rings. The standard InChI is InChI=1S/C14H17FO2/c1-9-7-11(8-10(2)12(9)15)14(13(16)17)5-3-4-6-14/h7-8H,3-6H2,1-2H3,(H,16,17). The fraction of sp³-hybridized carbons (Fsp3) is 0.500. The molecule has 0 aliphatic heterocycles. The Hall–Kier alpha value is -1.38. The molecule has 17 heavy (non-hydrogen) atoms. The first-order valence-corrected chi connectivity index (χ1v) is 5.98. The molecule has 1 saturated carbocycles. The van der Waals surface area contributed by atoms with Crippen molar-refractivity contribution in [2.24, 2.45) is 0 Å². The van der Waals surface area contributed by atoms with Crippen LogP contribution in [0, 0.1) is 19.7 Å². The Bertz CT molecular complexity index is 436. The van der Waals surface area contributed by atoms with Gasteiger partial charge in [-0.2, -0.15) is 0 Å². The maximum absolute atomic E-state index is 13.6. The first-order chi connectivity index (χ1) is 7.97. The van der Waals surface area contributed by atoms with E-state index in [0.29, 0.717) is 24.0 Å². The van der Waals surface area contributed by atoms with Gasteiger partial charge in [-0.1, -0.05) is 25.0 Å². The third kappa shape index (κ3) is 1.84. The molecule has 0 radical (unpaired) electrons. The van der Waals surface area contributed by atoms with Crippen molar-refractivity contribution in [3.8, 4) is 0 Å². The van der Waals surface area contributed by atoms with Gasteiger partial charge in [0.1, 0.15) is 5.82 Å². The summed E-state index contributed by atoms with van der Waals surface area (Å²) in [7, 11) is 0. The fourth-order valence-corrected chi connectivity index (χ4v) is 2.83. The van der Waals surface area contributed by atoms with Crippen LogP contribution in [0.3, 0.4) is 0 Å². The second kappa shape index (κ2) is 4.13. The molecule has 1 aliphatic carbocycles. The molecule has 0 heterocycles. The maximum atomic E-state index is 13.6. The molecule has 92 valence electrons. The number of carboxylic acid groups (broad SMARTS) is 1. The van der Waals surface area contributed by atoms with E-state index >= 15 is 0 Å². The molecule has 1 aromatic rings. The monoisotopic (exact) mass is 236 g/mol. The van der Waals surface area contributed by atoms with Crippen molar-refractivity contribution in [2.75, 3.05) is 0 Å². The van der Waals surface area contributed by atoms with E-state index in [1.54, 1.807) is 26.0 Å². The van der Waals surface area contributed by atoms with Crippen molar-refractivity contribution in [1.82, 2.24) is 0 Å². The Morgan fingerprint density at radius 3 is 2.12 bits per heavy atom. The van der Waals surface area contributed by atoms with Crippen molar-refractivity contribution in [2.45, 2.75) is 44.9 Å². The van der Waals surface area contributed by atoms with Crippen LogP contribution in [-0.4, -0.2) is 11.1 Å². The number of hydrogen-bond donors (Lipinski definition) is 1. The van der Waals surface area contributed by atoms with Crippen LogP contribution in [0.5, 0.6) is 0 Å². The van der Waals surface area contributed by atoms with Crippen LogP contribution in [0.25, 0.3) is 0 Å². The average Bonchev–Trinajstić information content (AvgIpc) is 2.75.